The molecule has 0 saturated carbocycles. The molecule has 0 atom stereocenters. The van der Waals surface area contributed by atoms with Gasteiger partial charge in [0, 0.05) is 18.0 Å². The Labute approximate surface area is 80.6 Å². The number of halogens is 1. The second-order valence-corrected chi connectivity index (χ2v) is 2.79. The van der Waals surface area contributed by atoms with Crippen LogP contribution in [0.2, 0.25) is 0 Å². The van der Waals surface area contributed by atoms with E-state index in [1.807, 2.05) is 0 Å². The van der Waals surface area contributed by atoms with Crippen molar-refractivity contribution in [2.75, 3.05) is 7.11 Å². The van der Waals surface area contributed by atoms with E-state index in [9.17, 15) is 4.39 Å². The van der Waals surface area contributed by atoms with E-state index < -0.39 is 0 Å². The molecule has 0 spiro atoms. The topological polar surface area (TPSA) is 37.9 Å². The number of hydrogen-bond acceptors (Lipinski definition) is 2. The summed E-state index contributed by atoms with van der Waals surface area (Å²) in [5.74, 6) is 0.546. The van der Waals surface area contributed by atoms with E-state index in [4.69, 9.17) is 4.74 Å². The van der Waals surface area contributed by atoms with Gasteiger partial charge in [0.05, 0.1) is 7.11 Å². The van der Waals surface area contributed by atoms with Gasteiger partial charge >= 0.3 is 0 Å². The van der Waals surface area contributed by atoms with Crippen LogP contribution >= 0.6 is 0 Å². The fourth-order valence-electron chi connectivity index (χ4n) is 1.23. The number of H-pyrrole nitrogens is 1. The molecule has 4 heteroatoms. The molecular weight excluding hydrogens is 183 g/mol. The van der Waals surface area contributed by atoms with Gasteiger partial charge in [-0.25, -0.2) is 9.37 Å². The van der Waals surface area contributed by atoms with Gasteiger partial charge in [0.15, 0.2) is 11.6 Å². The molecule has 1 aromatic carbocycles. The van der Waals surface area contributed by atoms with E-state index in [0.29, 0.717) is 5.82 Å². The molecule has 0 saturated heterocycles. The van der Waals surface area contributed by atoms with Crippen molar-refractivity contribution in [3.05, 3.63) is 36.4 Å². The van der Waals surface area contributed by atoms with Crippen LogP contribution < -0.4 is 4.74 Å². The van der Waals surface area contributed by atoms with Crippen LogP contribution in [-0.4, -0.2) is 17.1 Å². The summed E-state index contributed by atoms with van der Waals surface area (Å²) >= 11 is 0. The Kier molecular flexibility index (Phi) is 2.18. The minimum Gasteiger partial charge on any atom is -0.494 e. The van der Waals surface area contributed by atoms with Crippen molar-refractivity contribution in [3.63, 3.8) is 0 Å². The maximum absolute atomic E-state index is 13.1. The molecule has 3 nitrogen and oxygen atoms in total. The molecule has 14 heavy (non-hydrogen) atoms. The molecule has 0 aliphatic rings. The number of aromatic nitrogens is 2. The molecule has 0 bridgehead atoms. The minimum atomic E-state index is -0.372. The van der Waals surface area contributed by atoms with Crippen LogP contribution in [-0.2, 0) is 0 Å². The first kappa shape index (κ1) is 8.74. The largest absolute Gasteiger partial charge is 0.494 e. The molecule has 72 valence electrons. The van der Waals surface area contributed by atoms with Gasteiger partial charge in [-0.3, -0.25) is 0 Å². The Morgan fingerprint density at radius 2 is 2.29 bits per heavy atom. The van der Waals surface area contributed by atoms with Gasteiger partial charge in [0.1, 0.15) is 5.82 Å². The van der Waals surface area contributed by atoms with Gasteiger partial charge in [0.2, 0.25) is 0 Å². The number of benzene rings is 1. The van der Waals surface area contributed by atoms with Gasteiger partial charge in [-0.1, -0.05) is 0 Å². The normalized spacial score (nSPS) is 10.1. The highest BCUT2D eigenvalue weighted by atomic mass is 19.1. The maximum Gasteiger partial charge on any atom is 0.165 e. The average molecular weight is 192 g/mol. The zero-order chi connectivity index (χ0) is 9.97. The first-order valence-electron chi connectivity index (χ1n) is 4.14. The van der Waals surface area contributed by atoms with Gasteiger partial charge in [-0.15, -0.1) is 0 Å². The van der Waals surface area contributed by atoms with Gasteiger partial charge in [-0.2, -0.15) is 0 Å². The van der Waals surface area contributed by atoms with E-state index in [2.05, 4.69) is 9.97 Å². The molecule has 0 amide bonds. The third kappa shape index (κ3) is 1.46. The Morgan fingerprint density at radius 1 is 1.43 bits per heavy atom. The average Bonchev–Trinajstić information content (AvgIpc) is 2.71. The summed E-state index contributed by atoms with van der Waals surface area (Å²) in [5, 5.41) is 0. The Morgan fingerprint density at radius 3 is 2.93 bits per heavy atom. The van der Waals surface area contributed by atoms with Crippen molar-refractivity contribution in [2.24, 2.45) is 0 Å². The number of imidazole rings is 1. The summed E-state index contributed by atoms with van der Waals surface area (Å²) in [7, 11) is 1.43. The summed E-state index contributed by atoms with van der Waals surface area (Å²) in [5.41, 5.74) is 0.799. The lowest BCUT2D eigenvalue weighted by molar-refractivity contribution is 0.387. The van der Waals surface area contributed by atoms with E-state index in [1.165, 1.54) is 13.2 Å². The Hall–Kier alpha value is -1.84. The smallest absolute Gasteiger partial charge is 0.165 e. The number of rotatable bonds is 2. The van der Waals surface area contributed by atoms with Crippen molar-refractivity contribution in [1.82, 2.24) is 9.97 Å². The van der Waals surface area contributed by atoms with Crippen LogP contribution in [0.1, 0.15) is 0 Å². The van der Waals surface area contributed by atoms with Crippen molar-refractivity contribution in [3.8, 4) is 17.1 Å². The number of nitrogens with zero attached hydrogens (tertiary/aromatic N) is 1. The lowest BCUT2D eigenvalue weighted by Crippen LogP contribution is -1.89. The van der Waals surface area contributed by atoms with Gasteiger partial charge in [-0.05, 0) is 18.2 Å². The fourth-order valence-corrected chi connectivity index (χ4v) is 1.23. The number of ether oxygens (including phenoxy) is 1. The van der Waals surface area contributed by atoms with E-state index in [0.717, 1.165) is 5.56 Å². The lowest BCUT2D eigenvalue weighted by atomic mass is 10.2. The predicted octanol–water partition coefficient (Wildman–Crippen LogP) is 2.22. The van der Waals surface area contributed by atoms with Crippen molar-refractivity contribution >= 4 is 0 Å². The first-order valence-corrected chi connectivity index (χ1v) is 4.14. The number of nitrogens with one attached hydrogen (secondary N) is 1. The molecule has 1 N–H and O–H groups in total. The summed E-state index contributed by atoms with van der Waals surface area (Å²) in [4.78, 5) is 6.99. The standard InChI is InChI=1S/C10H9FN2O/c1-14-9-6-7(2-3-8(9)11)10-12-4-5-13-10/h2-6H,1H3,(H,12,13). The zero-order valence-electron chi connectivity index (χ0n) is 7.62. The number of hydrogen-bond donors (Lipinski definition) is 1. The first-order chi connectivity index (χ1) is 6.81. The lowest BCUT2D eigenvalue weighted by Gasteiger charge is -2.03. The van der Waals surface area contributed by atoms with Crippen LogP contribution in [0.25, 0.3) is 11.4 Å². The molecule has 1 heterocycles. The minimum absolute atomic E-state index is 0.221. The highest BCUT2D eigenvalue weighted by Gasteiger charge is 2.05. The monoisotopic (exact) mass is 192 g/mol. The fraction of sp³-hybridized carbons (Fsp3) is 0.100. The molecule has 2 aromatic rings. The van der Waals surface area contributed by atoms with Crippen LogP contribution in [0.15, 0.2) is 30.6 Å². The Bertz CT molecular complexity index is 426. The number of aromatic amines is 1. The van der Waals surface area contributed by atoms with Crippen LogP contribution in [0, 0.1) is 5.82 Å². The van der Waals surface area contributed by atoms with E-state index in [-0.39, 0.29) is 11.6 Å². The summed E-state index contributed by atoms with van der Waals surface area (Å²) in [6, 6.07) is 4.61. The SMILES string of the molecule is COc1cc(-c2ncc[nH]2)ccc1F. The third-order valence-electron chi connectivity index (χ3n) is 1.92. The molecule has 0 unspecified atom stereocenters. The van der Waals surface area contributed by atoms with Crippen molar-refractivity contribution < 1.29 is 9.13 Å². The summed E-state index contributed by atoms with van der Waals surface area (Å²) in [6.45, 7) is 0. The second kappa shape index (κ2) is 3.49. The van der Waals surface area contributed by atoms with Gasteiger partial charge in [0.25, 0.3) is 0 Å². The maximum atomic E-state index is 13.1. The van der Waals surface area contributed by atoms with E-state index in [1.54, 1.807) is 24.5 Å². The molecule has 2 rings (SSSR count). The quantitative estimate of drug-likeness (QED) is 0.792. The van der Waals surface area contributed by atoms with E-state index >= 15 is 0 Å². The van der Waals surface area contributed by atoms with Crippen molar-refractivity contribution in [2.45, 2.75) is 0 Å². The molecule has 0 fully saturated rings. The third-order valence-corrected chi connectivity index (χ3v) is 1.92. The Balaban J connectivity index is 2.46. The molecule has 0 aliphatic carbocycles. The second-order valence-electron chi connectivity index (χ2n) is 2.79. The predicted molar refractivity (Wildman–Crippen MR) is 50.5 cm³/mol. The molecule has 0 aliphatic heterocycles. The van der Waals surface area contributed by atoms with Crippen LogP contribution in [0.4, 0.5) is 4.39 Å². The van der Waals surface area contributed by atoms with Crippen LogP contribution in [0.5, 0.6) is 5.75 Å². The highest BCUT2D eigenvalue weighted by molar-refractivity contribution is 5.57. The van der Waals surface area contributed by atoms with Crippen LogP contribution in [0.3, 0.4) is 0 Å². The summed E-state index contributed by atoms with van der Waals surface area (Å²) in [6.07, 6.45) is 3.36. The molecular formula is C10H9FN2O. The summed E-state index contributed by atoms with van der Waals surface area (Å²) < 4.78 is 17.9. The number of methoxy groups -OCH3 is 1. The van der Waals surface area contributed by atoms with Crippen molar-refractivity contribution in [1.29, 1.82) is 0 Å². The highest BCUT2D eigenvalue weighted by Crippen LogP contribution is 2.23. The molecule has 0 radical (unpaired) electrons. The zero-order valence-corrected chi connectivity index (χ0v) is 7.62. The molecule has 1 aromatic heterocycles. The van der Waals surface area contributed by atoms with Gasteiger partial charge < -0.3 is 9.72 Å².